The molecule has 0 radical (unpaired) electrons. The van der Waals surface area contributed by atoms with Crippen LogP contribution >= 0.6 is 0 Å². The Morgan fingerprint density at radius 3 is 2.82 bits per heavy atom. The predicted molar refractivity (Wildman–Crippen MR) is 155 cm³/mol. The highest BCUT2D eigenvalue weighted by Crippen LogP contribution is 2.32. The predicted octanol–water partition coefficient (Wildman–Crippen LogP) is 2.60. The van der Waals surface area contributed by atoms with Crippen molar-refractivity contribution in [2.24, 2.45) is 0 Å². The average Bonchev–Trinajstić information content (AvgIpc) is 3.55. The highest BCUT2D eigenvalue weighted by atomic mass is 19.1. The summed E-state index contributed by atoms with van der Waals surface area (Å²) in [6.45, 7) is 5.16. The largest absolute Gasteiger partial charge is 0.484 e. The van der Waals surface area contributed by atoms with Gasteiger partial charge in [-0.15, -0.1) is 0 Å². The van der Waals surface area contributed by atoms with E-state index in [2.05, 4.69) is 25.6 Å². The number of fused-ring (bicyclic) bond motifs is 2. The van der Waals surface area contributed by atoms with Crippen LogP contribution in [0.2, 0.25) is 0 Å². The smallest absolute Gasteiger partial charge is 0.415 e. The number of halogens is 1. The lowest BCUT2D eigenvalue weighted by molar-refractivity contribution is -0.133. The highest BCUT2D eigenvalue weighted by Gasteiger charge is 2.35. The van der Waals surface area contributed by atoms with Gasteiger partial charge in [0.2, 0.25) is 0 Å². The maximum absolute atomic E-state index is 14.9. The molecule has 2 aliphatic heterocycles. The van der Waals surface area contributed by atoms with Crippen LogP contribution in [0.4, 0.5) is 25.6 Å². The summed E-state index contributed by atoms with van der Waals surface area (Å²) in [7, 11) is 1.29. The molecule has 1 aromatic carbocycles. The molecule has 4 amide bonds. The molecule has 16 heteroatoms. The van der Waals surface area contributed by atoms with Crippen LogP contribution < -0.4 is 25.2 Å². The van der Waals surface area contributed by atoms with Gasteiger partial charge in [-0.05, 0) is 44.4 Å². The molecule has 1 atom stereocenters. The van der Waals surface area contributed by atoms with Gasteiger partial charge in [0.15, 0.2) is 24.8 Å². The van der Waals surface area contributed by atoms with Crippen LogP contribution in [0.15, 0.2) is 23.9 Å². The first-order chi connectivity index (χ1) is 21.4. The van der Waals surface area contributed by atoms with Gasteiger partial charge in [0, 0.05) is 31.1 Å². The number of aromatic nitrogens is 2. The maximum Gasteiger partial charge on any atom is 0.415 e. The monoisotopic (exact) mass is 628 g/mol. The van der Waals surface area contributed by atoms with Gasteiger partial charge in [-0.25, -0.2) is 29.4 Å². The molecule has 0 spiro atoms. The van der Waals surface area contributed by atoms with Crippen molar-refractivity contribution >= 4 is 41.7 Å². The van der Waals surface area contributed by atoms with Crippen molar-refractivity contribution in [2.75, 3.05) is 50.2 Å². The van der Waals surface area contributed by atoms with Crippen molar-refractivity contribution in [1.82, 2.24) is 20.3 Å². The SMILES string of the molecule is CONC(=O)COc1cc(F)c2c(c1)CC(CN(CCC1CN(c3cnc4c(n3)NC(=O)CO4)C(=O)O1)C(=O)OC(C)(C)C)=C2. The molecule has 2 N–H and O–H groups in total. The Hall–Kier alpha value is -4.99. The third kappa shape index (κ3) is 7.75. The second-order valence-electron chi connectivity index (χ2n) is 11.5. The fourth-order valence-corrected chi connectivity index (χ4v) is 4.89. The molecule has 0 saturated carbocycles. The minimum atomic E-state index is -0.767. The summed E-state index contributed by atoms with van der Waals surface area (Å²) >= 11 is 0. The second kappa shape index (κ2) is 12.9. The fraction of sp³-hybridized carbons (Fsp3) is 0.448. The fourth-order valence-electron chi connectivity index (χ4n) is 4.89. The van der Waals surface area contributed by atoms with Gasteiger partial charge in [0.1, 0.15) is 23.3 Å². The van der Waals surface area contributed by atoms with Crippen molar-refractivity contribution < 1.29 is 47.4 Å². The molecule has 1 aliphatic carbocycles. The number of carbonyl (C=O) groups is 4. The van der Waals surface area contributed by atoms with Crippen LogP contribution in [0.5, 0.6) is 11.6 Å². The number of ether oxygens (including phenoxy) is 4. The lowest BCUT2D eigenvalue weighted by atomic mass is 10.1. The number of rotatable bonds is 10. The van der Waals surface area contributed by atoms with Crippen molar-refractivity contribution in [1.29, 1.82) is 0 Å². The maximum atomic E-state index is 14.9. The number of carbonyl (C=O) groups excluding carboxylic acids is 4. The number of anilines is 2. The van der Waals surface area contributed by atoms with E-state index < -0.39 is 35.6 Å². The Kier molecular flexibility index (Phi) is 9.04. The first-order valence-corrected chi connectivity index (χ1v) is 14.1. The third-order valence-corrected chi connectivity index (χ3v) is 6.78. The zero-order valence-corrected chi connectivity index (χ0v) is 25.2. The van der Waals surface area contributed by atoms with Crippen LogP contribution in [0.3, 0.4) is 0 Å². The molecule has 1 saturated heterocycles. The van der Waals surface area contributed by atoms with E-state index in [9.17, 15) is 23.6 Å². The molecular weight excluding hydrogens is 595 g/mol. The van der Waals surface area contributed by atoms with Crippen LogP contribution in [-0.2, 0) is 30.3 Å². The summed E-state index contributed by atoms with van der Waals surface area (Å²) in [4.78, 5) is 64.9. The normalized spacial score (nSPS) is 17.0. The summed E-state index contributed by atoms with van der Waals surface area (Å²) in [6, 6.07) is 2.84. The Bertz CT molecular complexity index is 1540. The van der Waals surface area contributed by atoms with Gasteiger partial charge in [-0.2, -0.15) is 0 Å². The topological polar surface area (TPSA) is 171 Å². The second-order valence-corrected chi connectivity index (χ2v) is 11.5. The molecular formula is C29H33FN6O9. The number of nitrogens with zero attached hydrogens (tertiary/aromatic N) is 4. The molecule has 0 bridgehead atoms. The number of benzene rings is 1. The van der Waals surface area contributed by atoms with E-state index >= 15 is 0 Å². The van der Waals surface area contributed by atoms with Gasteiger partial charge in [-0.1, -0.05) is 6.08 Å². The Morgan fingerprint density at radius 1 is 1.27 bits per heavy atom. The Morgan fingerprint density at radius 2 is 2.07 bits per heavy atom. The van der Waals surface area contributed by atoms with Gasteiger partial charge in [0.05, 0.1) is 19.9 Å². The van der Waals surface area contributed by atoms with E-state index in [1.807, 2.05) is 0 Å². The first kappa shape index (κ1) is 31.4. The lowest BCUT2D eigenvalue weighted by Crippen LogP contribution is -2.39. The molecule has 5 rings (SSSR count). The van der Waals surface area contributed by atoms with Crippen molar-refractivity contribution in [3.8, 4) is 11.6 Å². The number of amides is 4. The van der Waals surface area contributed by atoms with Crippen molar-refractivity contribution in [3.05, 3.63) is 40.8 Å². The third-order valence-electron chi connectivity index (χ3n) is 6.78. The summed E-state index contributed by atoms with van der Waals surface area (Å²) in [5, 5.41) is 2.55. The summed E-state index contributed by atoms with van der Waals surface area (Å²) in [5.74, 6) is -0.827. The first-order valence-electron chi connectivity index (χ1n) is 14.1. The minimum absolute atomic E-state index is 0.105. The van der Waals surface area contributed by atoms with Crippen LogP contribution in [0.25, 0.3) is 6.08 Å². The van der Waals surface area contributed by atoms with Gasteiger partial charge in [0.25, 0.3) is 17.7 Å². The number of nitrogens with one attached hydrogen (secondary N) is 2. The van der Waals surface area contributed by atoms with E-state index in [0.717, 1.165) is 5.57 Å². The summed E-state index contributed by atoms with van der Waals surface area (Å²) < 4.78 is 36.7. The number of hydroxylamine groups is 1. The molecule has 1 unspecified atom stereocenters. The van der Waals surface area contributed by atoms with Gasteiger partial charge >= 0.3 is 12.2 Å². The quantitative estimate of drug-likeness (QED) is 0.371. The molecule has 3 heterocycles. The molecule has 240 valence electrons. The van der Waals surface area contributed by atoms with E-state index in [0.29, 0.717) is 17.5 Å². The number of hydrogen-bond donors (Lipinski definition) is 2. The lowest BCUT2D eigenvalue weighted by Gasteiger charge is -2.28. The molecule has 45 heavy (non-hydrogen) atoms. The molecule has 1 aromatic heterocycles. The van der Waals surface area contributed by atoms with Crippen molar-refractivity contribution in [3.63, 3.8) is 0 Å². The van der Waals surface area contributed by atoms with Crippen LogP contribution in [0, 0.1) is 5.82 Å². The van der Waals surface area contributed by atoms with E-state index in [1.54, 1.807) is 32.9 Å². The van der Waals surface area contributed by atoms with Gasteiger partial charge in [-0.3, -0.25) is 19.3 Å². The van der Waals surface area contributed by atoms with Gasteiger partial charge < -0.3 is 29.2 Å². The Balaban J connectivity index is 1.23. The molecule has 3 aliphatic rings. The number of hydrogen-bond acceptors (Lipinski definition) is 11. The van der Waals surface area contributed by atoms with E-state index in [1.165, 1.54) is 29.2 Å². The van der Waals surface area contributed by atoms with E-state index in [4.69, 9.17) is 18.9 Å². The Labute approximate surface area is 257 Å². The average molecular weight is 629 g/mol. The molecule has 2 aromatic rings. The minimum Gasteiger partial charge on any atom is -0.484 e. The number of cyclic esters (lactones) is 1. The standard InChI is InChI=1S/C29H33FN6O9/c1-29(2,3)45-27(39)35(12-16-7-17-9-19(10-21(30)20(17)8-16)42-15-24(38)34-41-4)6-5-18-13-36(28(40)44-18)22-11-31-26-25(32-22)33-23(37)14-43-26/h8-11,18H,5-7,12-15H2,1-4H3,(H,34,38)(H,32,33,37). The van der Waals surface area contributed by atoms with E-state index in [-0.39, 0.29) is 68.4 Å². The summed E-state index contributed by atoms with van der Waals surface area (Å²) in [5.41, 5.74) is 3.12. The zero-order valence-electron chi connectivity index (χ0n) is 25.2. The zero-order chi connectivity index (χ0) is 32.3. The molecule has 1 fully saturated rings. The summed E-state index contributed by atoms with van der Waals surface area (Å²) in [6.07, 6.45) is 1.83. The molecule has 15 nitrogen and oxygen atoms in total. The van der Waals surface area contributed by atoms with Crippen molar-refractivity contribution in [2.45, 2.75) is 45.3 Å². The van der Waals surface area contributed by atoms with Crippen LogP contribution in [-0.4, -0.2) is 90.5 Å². The van der Waals surface area contributed by atoms with Crippen LogP contribution in [0.1, 0.15) is 38.3 Å². The highest BCUT2D eigenvalue weighted by molar-refractivity contribution is 5.94.